The second-order valence-corrected chi connectivity index (χ2v) is 6.45. The van der Waals surface area contributed by atoms with Crippen molar-refractivity contribution in [1.82, 2.24) is 15.5 Å². The highest BCUT2D eigenvalue weighted by Crippen LogP contribution is 2.29. The third-order valence-electron chi connectivity index (χ3n) is 4.65. The Morgan fingerprint density at radius 1 is 1.42 bits per heavy atom. The van der Waals surface area contributed by atoms with Crippen molar-refractivity contribution >= 4 is 0 Å². The highest BCUT2D eigenvalue weighted by atomic mass is 15.1. The summed E-state index contributed by atoms with van der Waals surface area (Å²) in [5.41, 5.74) is 2.59. The lowest BCUT2D eigenvalue weighted by Gasteiger charge is -2.32. The molecule has 2 unspecified atom stereocenters. The van der Waals surface area contributed by atoms with E-state index < -0.39 is 0 Å². The topological polar surface area (TPSA) is 40.7 Å². The van der Waals surface area contributed by atoms with E-state index in [9.17, 15) is 0 Å². The second kappa shape index (κ2) is 7.09. The van der Waals surface area contributed by atoms with Gasteiger partial charge in [0.1, 0.15) is 0 Å². The molecule has 108 valence electrons. The van der Waals surface area contributed by atoms with Crippen molar-refractivity contribution in [3.8, 4) is 0 Å². The minimum atomic E-state index is 0.756. The molecule has 2 atom stereocenters. The SMILES string of the molecule is Cc1[nH]ncc1CCCNC1CCCC(C(C)C)C1. The summed E-state index contributed by atoms with van der Waals surface area (Å²) >= 11 is 0. The van der Waals surface area contributed by atoms with Crippen LogP contribution in [0.15, 0.2) is 6.20 Å². The molecule has 2 rings (SSSR count). The van der Waals surface area contributed by atoms with E-state index in [1.807, 2.05) is 6.20 Å². The van der Waals surface area contributed by atoms with Crippen LogP contribution < -0.4 is 5.32 Å². The first-order valence-corrected chi connectivity index (χ1v) is 7.89. The molecule has 0 saturated heterocycles. The molecular formula is C16H29N3. The van der Waals surface area contributed by atoms with Crippen LogP contribution in [0.2, 0.25) is 0 Å². The van der Waals surface area contributed by atoms with Gasteiger partial charge in [0.15, 0.2) is 0 Å². The first-order valence-electron chi connectivity index (χ1n) is 7.89. The molecule has 3 nitrogen and oxygen atoms in total. The number of aromatic nitrogens is 2. The van der Waals surface area contributed by atoms with Gasteiger partial charge in [0.25, 0.3) is 0 Å². The molecular weight excluding hydrogens is 234 g/mol. The third kappa shape index (κ3) is 4.34. The van der Waals surface area contributed by atoms with Crippen LogP contribution in [0, 0.1) is 18.8 Å². The lowest BCUT2D eigenvalue weighted by atomic mass is 9.79. The fourth-order valence-corrected chi connectivity index (χ4v) is 3.23. The number of hydrogen-bond donors (Lipinski definition) is 2. The summed E-state index contributed by atoms with van der Waals surface area (Å²) in [5, 5.41) is 10.8. The number of H-pyrrole nitrogens is 1. The Labute approximate surface area is 117 Å². The van der Waals surface area contributed by atoms with Gasteiger partial charge in [-0.05, 0) is 56.6 Å². The van der Waals surface area contributed by atoms with Crippen LogP contribution in [0.3, 0.4) is 0 Å². The Morgan fingerprint density at radius 2 is 2.26 bits per heavy atom. The van der Waals surface area contributed by atoms with E-state index in [4.69, 9.17) is 0 Å². The van der Waals surface area contributed by atoms with E-state index in [2.05, 4.69) is 36.3 Å². The van der Waals surface area contributed by atoms with Crippen molar-refractivity contribution in [2.45, 2.75) is 65.3 Å². The fraction of sp³-hybridized carbons (Fsp3) is 0.812. The number of hydrogen-bond acceptors (Lipinski definition) is 2. The molecule has 1 aromatic heterocycles. The average molecular weight is 263 g/mol. The van der Waals surface area contributed by atoms with Crippen LogP contribution in [0.25, 0.3) is 0 Å². The number of aryl methyl sites for hydroxylation is 2. The smallest absolute Gasteiger partial charge is 0.0522 e. The van der Waals surface area contributed by atoms with E-state index in [0.717, 1.165) is 30.8 Å². The lowest BCUT2D eigenvalue weighted by molar-refractivity contribution is 0.231. The summed E-state index contributed by atoms with van der Waals surface area (Å²) in [4.78, 5) is 0. The van der Waals surface area contributed by atoms with Crippen molar-refractivity contribution < 1.29 is 0 Å². The van der Waals surface area contributed by atoms with E-state index in [1.165, 1.54) is 43.4 Å². The van der Waals surface area contributed by atoms with Gasteiger partial charge >= 0.3 is 0 Å². The normalized spacial score (nSPS) is 24.0. The van der Waals surface area contributed by atoms with Gasteiger partial charge in [-0.3, -0.25) is 5.10 Å². The zero-order chi connectivity index (χ0) is 13.7. The maximum atomic E-state index is 4.07. The summed E-state index contributed by atoms with van der Waals surface area (Å²) in [6.45, 7) is 7.98. The van der Waals surface area contributed by atoms with Gasteiger partial charge < -0.3 is 5.32 Å². The zero-order valence-corrected chi connectivity index (χ0v) is 12.7. The number of aromatic amines is 1. The summed E-state index contributed by atoms with van der Waals surface area (Å²) in [6, 6.07) is 0.756. The lowest BCUT2D eigenvalue weighted by Crippen LogP contribution is -2.36. The van der Waals surface area contributed by atoms with Crippen LogP contribution in [0.1, 0.15) is 57.2 Å². The van der Waals surface area contributed by atoms with Crippen LogP contribution >= 0.6 is 0 Å². The van der Waals surface area contributed by atoms with Crippen molar-refractivity contribution in [2.24, 2.45) is 11.8 Å². The zero-order valence-electron chi connectivity index (χ0n) is 12.7. The number of nitrogens with one attached hydrogen (secondary N) is 2. The highest BCUT2D eigenvalue weighted by Gasteiger charge is 2.23. The summed E-state index contributed by atoms with van der Waals surface area (Å²) in [6.07, 6.45) is 9.89. The molecule has 1 aromatic rings. The Bertz CT molecular complexity index is 370. The predicted octanol–water partition coefficient (Wildman–Crippen LogP) is 3.46. The van der Waals surface area contributed by atoms with Gasteiger partial charge in [0.05, 0.1) is 6.20 Å². The monoisotopic (exact) mass is 263 g/mol. The highest BCUT2D eigenvalue weighted by molar-refractivity contribution is 5.14. The molecule has 0 amide bonds. The molecule has 0 bridgehead atoms. The van der Waals surface area contributed by atoms with Gasteiger partial charge in [-0.15, -0.1) is 0 Å². The quantitative estimate of drug-likeness (QED) is 0.772. The molecule has 19 heavy (non-hydrogen) atoms. The molecule has 1 aliphatic rings. The summed E-state index contributed by atoms with van der Waals surface area (Å²) < 4.78 is 0. The number of nitrogens with zero attached hydrogens (tertiary/aromatic N) is 1. The van der Waals surface area contributed by atoms with Gasteiger partial charge in [-0.2, -0.15) is 5.10 Å². The van der Waals surface area contributed by atoms with Gasteiger partial charge in [0.2, 0.25) is 0 Å². The molecule has 2 N–H and O–H groups in total. The predicted molar refractivity (Wildman–Crippen MR) is 80.2 cm³/mol. The van der Waals surface area contributed by atoms with Gasteiger partial charge in [-0.1, -0.05) is 26.7 Å². The number of rotatable bonds is 6. The maximum Gasteiger partial charge on any atom is 0.0522 e. The van der Waals surface area contributed by atoms with Gasteiger partial charge in [-0.25, -0.2) is 0 Å². The van der Waals surface area contributed by atoms with E-state index in [-0.39, 0.29) is 0 Å². The average Bonchev–Trinajstić information content (AvgIpc) is 2.81. The first kappa shape index (κ1) is 14.6. The Morgan fingerprint density at radius 3 is 2.95 bits per heavy atom. The standard InChI is InChI=1S/C16H29N3/c1-12(2)14-6-4-8-16(10-14)17-9-5-7-15-11-18-19-13(15)3/h11-12,14,16-17H,4-10H2,1-3H3,(H,18,19). The van der Waals surface area contributed by atoms with Crippen molar-refractivity contribution in [3.05, 3.63) is 17.5 Å². The third-order valence-corrected chi connectivity index (χ3v) is 4.65. The summed E-state index contributed by atoms with van der Waals surface area (Å²) in [7, 11) is 0. The van der Waals surface area contributed by atoms with Crippen molar-refractivity contribution in [3.63, 3.8) is 0 Å². The fourth-order valence-electron chi connectivity index (χ4n) is 3.23. The summed E-state index contributed by atoms with van der Waals surface area (Å²) in [5.74, 6) is 1.78. The van der Waals surface area contributed by atoms with Gasteiger partial charge in [0, 0.05) is 11.7 Å². The molecule has 1 aliphatic carbocycles. The molecule has 0 aliphatic heterocycles. The van der Waals surface area contributed by atoms with Crippen LogP contribution in [-0.4, -0.2) is 22.8 Å². The molecule has 1 heterocycles. The maximum absolute atomic E-state index is 4.07. The molecule has 0 aromatic carbocycles. The molecule has 1 fully saturated rings. The Balaban J connectivity index is 1.64. The minimum Gasteiger partial charge on any atom is -0.314 e. The van der Waals surface area contributed by atoms with Crippen LogP contribution in [-0.2, 0) is 6.42 Å². The molecule has 3 heteroatoms. The molecule has 0 spiro atoms. The molecule has 1 saturated carbocycles. The first-order chi connectivity index (χ1) is 9.16. The van der Waals surface area contributed by atoms with Crippen molar-refractivity contribution in [2.75, 3.05) is 6.54 Å². The van der Waals surface area contributed by atoms with Crippen molar-refractivity contribution in [1.29, 1.82) is 0 Å². The molecule has 0 radical (unpaired) electrons. The van der Waals surface area contributed by atoms with E-state index >= 15 is 0 Å². The van der Waals surface area contributed by atoms with Crippen LogP contribution in [0.5, 0.6) is 0 Å². The van der Waals surface area contributed by atoms with Crippen LogP contribution in [0.4, 0.5) is 0 Å². The second-order valence-electron chi connectivity index (χ2n) is 6.45. The minimum absolute atomic E-state index is 0.756. The largest absolute Gasteiger partial charge is 0.314 e. The Hall–Kier alpha value is -0.830. The van der Waals surface area contributed by atoms with E-state index in [0.29, 0.717) is 0 Å². The van der Waals surface area contributed by atoms with E-state index in [1.54, 1.807) is 0 Å². The Kier molecular flexibility index (Phi) is 5.44.